The summed E-state index contributed by atoms with van der Waals surface area (Å²) in [5, 5.41) is 0.758. The number of halogens is 1. The minimum absolute atomic E-state index is 0.735. The smallest absolute Gasteiger partial charge is 0.0536 e. The molecule has 2 rings (SSSR count). The van der Waals surface area contributed by atoms with Crippen LogP contribution in [-0.4, -0.2) is 9.96 Å². The lowest BCUT2D eigenvalue weighted by atomic mass is 10.2. The van der Waals surface area contributed by atoms with Crippen molar-refractivity contribution in [3.05, 3.63) is 28.8 Å². The highest BCUT2D eigenvalue weighted by Crippen LogP contribution is 2.28. The standard InChI is InChI=1S/C8H7ClOS/c9-7-2-1-3-8-6(7)4-5-11(8)10/h1-3H,4-5H2. The van der Waals surface area contributed by atoms with Crippen LogP contribution in [0.5, 0.6) is 0 Å². The maximum atomic E-state index is 11.3. The highest BCUT2D eigenvalue weighted by atomic mass is 35.5. The lowest BCUT2D eigenvalue weighted by Crippen LogP contribution is -1.86. The molecule has 0 saturated heterocycles. The second kappa shape index (κ2) is 2.61. The van der Waals surface area contributed by atoms with Gasteiger partial charge in [0, 0.05) is 15.7 Å². The van der Waals surface area contributed by atoms with Crippen molar-refractivity contribution < 1.29 is 4.21 Å². The molecule has 1 unspecified atom stereocenters. The Balaban J connectivity index is 2.66. The van der Waals surface area contributed by atoms with Crippen LogP contribution in [0.3, 0.4) is 0 Å². The molecule has 1 aromatic rings. The fraction of sp³-hybridized carbons (Fsp3) is 0.250. The Kier molecular flexibility index (Phi) is 1.74. The fourth-order valence-electron chi connectivity index (χ4n) is 1.30. The topological polar surface area (TPSA) is 17.1 Å². The maximum absolute atomic E-state index is 11.3. The number of rotatable bonds is 0. The third-order valence-electron chi connectivity index (χ3n) is 1.86. The largest absolute Gasteiger partial charge is 0.254 e. The molecule has 0 aliphatic carbocycles. The quantitative estimate of drug-likeness (QED) is 0.606. The van der Waals surface area contributed by atoms with Gasteiger partial charge in [-0.2, -0.15) is 0 Å². The molecule has 0 amide bonds. The van der Waals surface area contributed by atoms with E-state index < -0.39 is 10.8 Å². The van der Waals surface area contributed by atoms with Crippen LogP contribution in [0, 0.1) is 0 Å². The van der Waals surface area contributed by atoms with Crippen molar-refractivity contribution >= 4 is 22.4 Å². The van der Waals surface area contributed by atoms with Crippen LogP contribution in [0.2, 0.25) is 5.02 Å². The SMILES string of the molecule is O=S1CCc2c(Cl)cccc21. The zero-order valence-corrected chi connectivity index (χ0v) is 7.41. The molecule has 0 spiro atoms. The lowest BCUT2D eigenvalue weighted by Gasteiger charge is -1.97. The summed E-state index contributed by atoms with van der Waals surface area (Å²) >= 11 is 5.90. The van der Waals surface area contributed by atoms with Crippen LogP contribution in [0.15, 0.2) is 23.1 Å². The first kappa shape index (κ1) is 7.32. The second-order valence-corrected chi connectivity index (χ2v) is 4.46. The minimum Gasteiger partial charge on any atom is -0.254 e. The molecule has 1 atom stereocenters. The molecule has 1 aliphatic rings. The van der Waals surface area contributed by atoms with Gasteiger partial charge in [-0.25, -0.2) is 0 Å². The van der Waals surface area contributed by atoms with Crippen LogP contribution < -0.4 is 0 Å². The van der Waals surface area contributed by atoms with Gasteiger partial charge in [-0.05, 0) is 24.1 Å². The van der Waals surface area contributed by atoms with Crippen LogP contribution in [0.1, 0.15) is 5.56 Å². The van der Waals surface area contributed by atoms with E-state index in [9.17, 15) is 4.21 Å². The van der Waals surface area contributed by atoms with Gasteiger partial charge in [-0.3, -0.25) is 4.21 Å². The average molecular weight is 187 g/mol. The number of hydrogen-bond donors (Lipinski definition) is 0. The summed E-state index contributed by atoms with van der Waals surface area (Å²) in [6, 6.07) is 5.59. The maximum Gasteiger partial charge on any atom is 0.0536 e. The van der Waals surface area contributed by atoms with E-state index in [1.54, 1.807) is 0 Å². The van der Waals surface area contributed by atoms with E-state index in [-0.39, 0.29) is 0 Å². The number of benzene rings is 1. The molecular weight excluding hydrogens is 180 g/mol. The van der Waals surface area contributed by atoms with Crippen molar-refractivity contribution in [3.63, 3.8) is 0 Å². The first-order valence-electron chi connectivity index (χ1n) is 3.45. The second-order valence-electron chi connectivity index (χ2n) is 2.52. The van der Waals surface area contributed by atoms with Crippen LogP contribution in [0.4, 0.5) is 0 Å². The summed E-state index contributed by atoms with van der Waals surface area (Å²) in [5.74, 6) is 0.735. The average Bonchev–Trinajstić information content (AvgIpc) is 2.35. The van der Waals surface area contributed by atoms with Gasteiger partial charge in [0.25, 0.3) is 0 Å². The van der Waals surface area contributed by atoms with E-state index in [0.717, 1.165) is 27.7 Å². The van der Waals surface area contributed by atoms with E-state index in [2.05, 4.69) is 0 Å². The number of hydrogen-bond acceptors (Lipinski definition) is 1. The molecule has 0 radical (unpaired) electrons. The minimum atomic E-state index is -0.792. The van der Waals surface area contributed by atoms with Gasteiger partial charge in [0.1, 0.15) is 0 Å². The van der Waals surface area contributed by atoms with Gasteiger partial charge in [-0.15, -0.1) is 0 Å². The van der Waals surface area contributed by atoms with E-state index in [4.69, 9.17) is 11.6 Å². The Bertz CT molecular complexity index is 322. The molecule has 0 N–H and O–H groups in total. The molecule has 1 nitrogen and oxygen atoms in total. The Hall–Kier alpha value is -0.340. The Morgan fingerprint density at radius 1 is 1.45 bits per heavy atom. The van der Waals surface area contributed by atoms with E-state index in [1.165, 1.54) is 0 Å². The fourth-order valence-corrected chi connectivity index (χ4v) is 2.95. The summed E-state index contributed by atoms with van der Waals surface area (Å²) < 4.78 is 11.3. The van der Waals surface area contributed by atoms with Gasteiger partial charge < -0.3 is 0 Å². The Labute approximate surface area is 72.8 Å². The first-order chi connectivity index (χ1) is 5.29. The van der Waals surface area contributed by atoms with E-state index in [1.807, 2.05) is 18.2 Å². The van der Waals surface area contributed by atoms with Gasteiger partial charge in [0.05, 0.1) is 10.8 Å². The third-order valence-corrected chi connectivity index (χ3v) is 3.66. The summed E-state index contributed by atoms with van der Waals surface area (Å²) in [6.45, 7) is 0. The molecule has 1 aromatic carbocycles. The molecule has 58 valence electrons. The van der Waals surface area contributed by atoms with Gasteiger partial charge in [0.15, 0.2) is 0 Å². The van der Waals surface area contributed by atoms with Gasteiger partial charge >= 0.3 is 0 Å². The summed E-state index contributed by atoms with van der Waals surface area (Å²) in [6.07, 6.45) is 0.863. The van der Waals surface area contributed by atoms with Gasteiger partial charge in [-0.1, -0.05) is 17.7 Å². The van der Waals surface area contributed by atoms with Crippen molar-refractivity contribution in [3.8, 4) is 0 Å². The van der Waals surface area contributed by atoms with Crippen LogP contribution in [-0.2, 0) is 17.2 Å². The van der Waals surface area contributed by atoms with Crippen molar-refractivity contribution in [2.75, 3.05) is 5.75 Å². The lowest BCUT2D eigenvalue weighted by molar-refractivity contribution is 0.685. The highest BCUT2D eigenvalue weighted by molar-refractivity contribution is 7.85. The molecule has 1 heterocycles. The Morgan fingerprint density at radius 3 is 3.00 bits per heavy atom. The van der Waals surface area contributed by atoms with Crippen molar-refractivity contribution in [2.45, 2.75) is 11.3 Å². The van der Waals surface area contributed by atoms with E-state index in [0.29, 0.717) is 0 Å². The van der Waals surface area contributed by atoms with Crippen molar-refractivity contribution in [1.29, 1.82) is 0 Å². The first-order valence-corrected chi connectivity index (χ1v) is 5.14. The Morgan fingerprint density at radius 2 is 2.27 bits per heavy atom. The monoisotopic (exact) mass is 186 g/mol. The van der Waals surface area contributed by atoms with E-state index >= 15 is 0 Å². The molecule has 0 aromatic heterocycles. The van der Waals surface area contributed by atoms with Crippen molar-refractivity contribution in [1.82, 2.24) is 0 Å². The molecule has 0 saturated carbocycles. The predicted octanol–water partition coefficient (Wildman–Crippen LogP) is 2.00. The predicted molar refractivity (Wildman–Crippen MR) is 46.4 cm³/mol. The molecule has 0 bridgehead atoms. The summed E-state index contributed by atoms with van der Waals surface area (Å²) in [7, 11) is -0.792. The highest BCUT2D eigenvalue weighted by Gasteiger charge is 2.19. The van der Waals surface area contributed by atoms with Crippen LogP contribution in [0.25, 0.3) is 0 Å². The third kappa shape index (κ3) is 1.10. The normalized spacial score (nSPS) is 21.7. The zero-order chi connectivity index (χ0) is 7.84. The molecule has 11 heavy (non-hydrogen) atoms. The van der Waals surface area contributed by atoms with Gasteiger partial charge in [0.2, 0.25) is 0 Å². The molecular formula is C8H7ClOS. The number of fused-ring (bicyclic) bond motifs is 1. The molecule has 3 heteroatoms. The molecule has 0 fully saturated rings. The molecule has 1 aliphatic heterocycles. The summed E-state index contributed by atoms with van der Waals surface area (Å²) in [4.78, 5) is 0.928. The zero-order valence-electron chi connectivity index (χ0n) is 5.84. The summed E-state index contributed by atoms with van der Waals surface area (Å²) in [5.41, 5.74) is 1.08. The van der Waals surface area contributed by atoms with Crippen molar-refractivity contribution in [2.24, 2.45) is 0 Å². The van der Waals surface area contributed by atoms with Crippen LogP contribution >= 0.6 is 11.6 Å².